The second-order valence-electron chi connectivity index (χ2n) is 4.38. The third-order valence-electron chi connectivity index (χ3n) is 3.01. The molecule has 0 saturated carbocycles. The summed E-state index contributed by atoms with van der Waals surface area (Å²) in [6, 6.07) is 7.07. The Morgan fingerprint density at radius 3 is 2.58 bits per heavy atom. The molecule has 1 aromatic carbocycles. The number of benzene rings is 1. The smallest absolute Gasteiger partial charge is 0.178 e. The first kappa shape index (κ1) is 15.1. The molecule has 1 saturated heterocycles. The third kappa shape index (κ3) is 4.33. The lowest BCUT2D eigenvalue weighted by molar-refractivity contribution is 0.597. The summed E-state index contributed by atoms with van der Waals surface area (Å²) in [5.41, 5.74) is 0.992. The van der Waals surface area contributed by atoms with Gasteiger partial charge in [0.1, 0.15) is 0 Å². The molecule has 6 heteroatoms. The van der Waals surface area contributed by atoms with E-state index in [9.17, 15) is 8.42 Å². The van der Waals surface area contributed by atoms with Crippen LogP contribution in [0.2, 0.25) is 0 Å². The molecule has 19 heavy (non-hydrogen) atoms. The Bertz CT molecular complexity index is 493. The number of nitrogens with one attached hydrogen (secondary N) is 1. The molecule has 1 N–H and O–H groups in total. The highest BCUT2D eigenvalue weighted by molar-refractivity contribution is 8.06. The van der Waals surface area contributed by atoms with Crippen molar-refractivity contribution in [3.8, 4) is 0 Å². The van der Waals surface area contributed by atoms with Crippen LogP contribution in [0.1, 0.15) is 6.92 Å². The maximum absolute atomic E-state index is 11.7. The highest BCUT2D eigenvalue weighted by Gasteiger charge is 2.14. The zero-order valence-corrected chi connectivity index (χ0v) is 13.4. The molecule has 0 aromatic heterocycles. The Morgan fingerprint density at radius 2 is 2.00 bits per heavy atom. The summed E-state index contributed by atoms with van der Waals surface area (Å²) in [6.45, 7) is 2.61. The summed E-state index contributed by atoms with van der Waals surface area (Å²) >= 11 is 4.02. The molecule has 0 spiro atoms. The standard InChI is InChI=1S/C13H19NO2S3/c1-2-19(15,16)13-5-3-11(4-6-13)14-9-12-10-17-7-8-18-12/h3-6,12,14H,2,7-10H2,1H3. The third-order valence-corrected chi connectivity index (χ3v) is 7.61. The van der Waals surface area contributed by atoms with Gasteiger partial charge in [0.15, 0.2) is 9.84 Å². The van der Waals surface area contributed by atoms with Gasteiger partial charge in [0, 0.05) is 34.7 Å². The van der Waals surface area contributed by atoms with Crippen LogP contribution in [0.25, 0.3) is 0 Å². The molecule has 1 atom stereocenters. The van der Waals surface area contributed by atoms with Crippen molar-refractivity contribution in [1.82, 2.24) is 0 Å². The number of sulfone groups is 1. The van der Waals surface area contributed by atoms with E-state index >= 15 is 0 Å². The van der Waals surface area contributed by atoms with Crippen molar-refractivity contribution in [3.05, 3.63) is 24.3 Å². The summed E-state index contributed by atoms with van der Waals surface area (Å²) in [7, 11) is -3.09. The molecule has 1 aromatic rings. The number of rotatable bonds is 5. The van der Waals surface area contributed by atoms with E-state index in [-0.39, 0.29) is 5.75 Å². The van der Waals surface area contributed by atoms with E-state index in [0.717, 1.165) is 12.2 Å². The van der Waals surface area contributed by atoms with Crippen LogP contribution in [0.5, 0.6) is 0 Å². The summed E-state index contributed by atoms with van der Waals surface area (Å²) in [5.74, 6) is 3.82. The van der Waals surface area contributed by atoms with E-state index in [1.165, 1.54) is 17.3 Å². The quantitative estimate of drug-likeness (QED) is 0.905. The largest absolute Gasteiger partial charge is 0.384 e. The lowest BCUT2D eigenvalue weighted by Crippen LogP contribution is -2.23. The molecule has 0 radical (unpaired) electrons. The van der Waals surface area contributed by atoms with Crippen LogP contribution in [0.3, 0.4) is 0 Å². The fourth-order valence-electron chi connectivity index (χ4n) is 1.83. The van der Waals surface area contributed by atoms with E-state index in [1.54, 1.807) is 19.1 Å². The highest BCUT2D eigenvalue weighted by Crippen LogP contribution is 2.24. The Balaban J connectivity index is 1.91. The second-order valence-corrected chi connectivity index (χ2v) is 9.21. The van der Waals surface area contributed by atoms with E-state index in [2.05, 4.69) is 5.32 Å². The van der Waals surface area contributed by atoms with Gasteiger partial charge in [0.25, 0.3) is 0 Å². The molecule has 2 rings (SSSR count). The van der Waals surface area contributed by atoms with Crippen molar-refractivity contribution < 1.29 is 8.42 Å². The molecular formula is C13H19NO2S3. The first-order chi connectivity index (χ1) is 9.12. The van der Waals surface area contributed by atoms with E-state index in [1.807, 2.05) is 35.7 Å². The van der Waals surface area contributed by atoms with Gasteiger partial charge in [-0.3, -0.25) is 0 Å². The first-order valence-corrected chi connectivity index (χ1v) is 10.2. The fourth-order valence-corrected chi connectivity index (χ4v) is 5.33. The normalized spacial score (nSPS) is 20.2. The van der Waals surface area contributed by atoms with Crippen LogP contribution in [0.15, 0.2) is 29.2 Å². The molecular weight excluding hydrogens is 298 g/mol. The Kier molecular flexibility index (Phi) is 5.47. The summed E-state index contributed by atoms with van der Waals surface area (Å²) in [5, 5.41) is 4.03. The van der Waals surface area contributed by atoms with Crippen LogP contribution in [-0.2, 0) is 9.84 Å². The van der Waals surface area contributed by atoms with Gasteiger partial charge in [-0.15, -0.1) is 0 Å². The molecule has 3 nitrogen and oxygen atoms in total. The van der Waals surface area contributed by atoms with Crippen molar-refractivity contribution in [1.29, 1.82) is 0 Å². The summed E-state index contributed by atoms with van der Waals surface area (Å²) in [4.78, 5) is 0.406. The monoisotopic (exact) mass is 317 g/mol. The van der Waals surface area contributed by atoms with Crippen molar-refractivity contribution in [2.75, 3.05) is 34.9 Å². The molecule has 0 amide bonds. The van der Waals surface area contributed by atoms with Gasteiger partial charge in [-0.2, -0.15) is 23.5 Å². The lowest BCUT2D eigenvalue weighted by atomic mass is 10.3. The van der Waals surface area contributed by atoms with Crippen LogP contribution < -0.4 is 5.32 Å². The maximum atomic E-state index is 11.7. The number of hydrogen-bond acceptors (Lipinski definition) is 5. The van der Waals surface area contributed by atoms with Crippen molar-refractivity contribution in [2.24, 2.45) is 0 Å². The first-order valence-electron chi connectivity index (χ1n) is 6.38. The molecule has 1 fully saturated rings. The Morgan fingerprint density at radius 1 is 1.26 bits per heavy atom. The van der Waals surface area contributed by atoms with Crippen molar-refractivity contribution in [3.63, 3.8) is 0 Å². The van der Waals surface area contributed by atoms with Crippen molar-refractivity contribution >= 4 is 39.0 Å². The van der Waals surface area contributed by atoms with Gasteiger partial charge in [0.2, 0.25) is 0 Å². The molecule has 106 valence electrons. The second kappa shape index (κ2) is 6.90. The van der Waals surface area contributed by atoms with Gasteiger partial charge in [-0.05, 0) is 24.3 Å². The predicted octanol–water partition coefficient (Wildman–Crippen LogP) is 2.74. The van der Waals surface area contributed by atoms with Crippen LogP contribution >= 0.6 is 23.5 Å². The lowest BCUT2D eigenvalue weighted by Gasteiger charge is -2.21. The average molecular weight is 318 g/mol. The van der Waals surface area contributed by atoms with Gasteiger partial charge in [-0.1, -0.05) is 6.92 Å². The van der Waals surface area contributed by atoms with Crippen LogP contribution in [0, 0.1) is 0 Å². The van der Waals surface area contributed by atoms with Gasteiger partial charge in [-0.25, -0.2) is 8.42 Å². The van der Waals surface area contributed by atoms with Crippen LogP contribution in [0.4, 0.5) is 5.69 Å². The topological polar surface area (TPSA) is 46.2 Å². The summed E-state index contributed by atoms with van der Waals surface area (Å²) < 4.78 is 23.4. The van der Waals surface area contributed by atoms with E-state index in [4.69, 9.17) is 0 Å². The molecule has 0 aliphatic carbocycles. The van der Waals surface area contributed by atoms with E-state index < -0.39 is 9.84 Å². The van der Waals surface area contributed by atoms with Gasteiger partial charge >= 0.3 is 0 Å². The molecule has 1 heterocycles. The minimum atomic E-state index is -3.09. The highest BCUT2D eigenvalue weighted by atomic mass is 32.2. The van der Waals surface area contributed by atoms with Gasteiger partial charge < -0.3 is 5.32 Å². The molecule has 1 unspecified atom stereocenters. The zero-order chi connectivity index (χ0) is 13.7. The van der Waals surface area contributed by atoms with Crippen LogP contribution in [-0.4, -0.2) is 43.2 Å². The zero-order valence-electron chi connectivity index (χ0n) is 11.0. The number of thioether (sulfide) groups is 2. The summed E-state index contributed by atoms with van der Waals surface area (Å²) in [6.07, 6.45) is 0. The fraction of sp³-hybridized carbons (Fsp3) is 0.538. The Labute approximate surface area is 123 Å². The number of hydrogen-bond donors (Lipinski definition) is 1. The average Bonchev–Trinajstić information content (AvgIpc) is 2.47. The molecule has 1 aliphatic rings. The minimum absolute atomic E-state index is 0.149. The Hall–Kier alpha value is -0.330. The SMILES string of the molecule is CCS(=O)(=O)c1ccc(NCC2CSCCS2)cc1. The number of anilines is 1. The van der Waals surface area contributed by atoms with E-state index in [0.29, 0.717) is 10.1 Å². The molecule has 1 aliphatic heterocycles. The van der Waals surface area contributed by atoms with Gasteiger partial charge in [0.05, 0.1) is 10.6 Å². The predicted molar refractivity (Wildman–Crippen MR) is 86.2 cm³/mol. The maximum Gasteiger partial charge on any atom is 0.178 e. The minimum Gasteiger partial charge on any atom is -0.384 e. The van der Waals surface area contributed by atoms with Crippen molar-refractivity contribution in [2.45, 2.75) is 17.1 Å². The molecule has 0 bridgehead atoms.